The summed E-state index contributed by atoms with van der Waals surface area (Å²) in [7, 11) is 0. The van der Waals surface area contributed by atoms with Gasteiger partial charge in [-0.3, -0.25) is 4.57 Å². The van der Waals surface area contributed by atoms with E-state index in [1.807, 2.05) is 38.1 Å². The minimum Gasteiger partial charge on any atom is -0.337 e. The number of carbonyl (C=O) groups excluding carboxylic acids is 1. The van der Waals surface area contributed by atoms with E-state index in [-0.39, 0.29) is 23.2 Å². The average molecular weight is 467 g/mol. The van der Waals surface area contributed by atoms with Crippen LogP contribution < -0.4 is 11.0 Å². The van der Waals surface area contributed by atoms with Crippen molar-refractivity contribution in [2.24, 2.45) is 5.92 Å². The topological polar surface area (TPSA) is 114 Å². The van der Waals surface area contributed by atoms with Gasteiger partial charge in [0, 0.05) is 24.5 Å². The number of aromatic nitrogens is 6. The number of nitrogens with zero attached hydrogens (tertiary/aromatic N) is 6. The summed E-state index contributed by atoms with van der Waals surface area (Å²) in [5, 5.41) is 18.1. The second-order valence-corrected chi connectivity index (χ2v) is 10.2. The number of imidazole rings is 1. The van der Waals surface area contributed by atoms with Gasteiger partial charge < -0.3 is 10.2 Å². The van der Waals surface area contributed by atoms with Crippen LogP contribution in [-0.2, 0) is 5.41 Å². The van der Waals surface area contributed by atoms with E-state index in [9.17, 15) is 9.59 Å². The molecule has 2 aliphatic rings. The molecule has 1 aliphatic carbocycles. The van der Waals surface area contributed by atoms with E-state index >= 15 is 0 Å². The maximum atomic E-state index is 13.0. The molecule has 1 amide bonds. The molecule has 0 radical (unpaired) electrons. The highest BCUT2D eigenvalue weighted by molar-refractivity contribution is 5.89. The molecule has 5 rings (SSSR count). The SMILES string of the molecule is CC(C)n1c(=O)n(C(=O)NCC2CCN(CC3(c4nn[nH]n4)CCCC3)CC2)c2ccccc21. The summed E-state index contributed by atoms with van der Waals surface area (Å²) < 4.78 is 2.95. The summed E-state index contributed by atoms with van der Waals surface area (Å²) >= 11 is 0. The number of rotatable bonds is 6. The van der Waals surface area contributed by atoms with Crippen molar-refractivity contribution >= 4 is 17.1 Å². The third-order valence-corrected chi connectivity index (χ3v) is 7.65. The summed E-state index contributed by atoms with van der Waals surface area (Å²) in [6, 6.07) is 7.11. The predicted octanol–water partition coefficient (Wildman–Crippen LogP) is 2.68. The molecule has 1 saturated carbocycles. The molecule has 1 saturated heterocycles. The predicted molar refractivity (Wildman–Crippen MR) is 129 cm³/mol. The summed E-state index contributed by atoms with van der Waals surface area (Å²) in [6.45, 7) is 7.45. The Morgan fingerprint density at radius 3 is 2.53 bits per heavy atom. The Balaban J connectivity index is 1.19. The molecule has 34 heavy (non-hydrogen) atoms. The minimum absolute atomic E-state index is 0.0137. The van der Waals surface area contributed by atoms with Gasteiger partial charge in [-0.25, -0.2) is 14.2 Å². The largest absolute Gasteiger partial charge is 0.337 e. The molecular formula is C24H34N8O2. The molecule has 2 N–H and O–H groups in total. The van der Waals surface area contributed by atoms with Gasteiger partial charge in [0.1, 0.15) is 0 Å². The number of tetrazole rings is 1. The van der Waals surface area contributed by atoms with Crippen LogP contribution in [0.5, 0.6) is 0 Å². The molecule has 1 aromatic carbocycles. The maximum Gasteiger partial charge on any atom is 0.337 e. The number of H-pyrrole nitrogens is 1. The number of benzene rings is 1. The van der Waals surface area contributed by atoms with Gasteiger partial charge in [0.15, 0.2) is 5.82 Å². The summed E-state index contributed by atoms with van der Waals surface area (Å²) in [6.07, 6.45) is 6.69. The Labute approximate surface area is 198 Å². The molecule has 0 unspecified atom stereocenters. The first-order valence-electron chi connectivity index (χ1n) is 12.4. The lowest BCUT2D eigenvalue weighted by Crippen LogP contribution is -2.46. The Kier molecular flexibility index (Phi) is 6.24. The zero-order chi connectivity index (χ0) is 23.7. The normalized spacial score (nSPS) is 19.3. The van der Waals surface area contributed by atoms with Crippen molar-refractivity contribution in [1.82, 2.24) is 40.0 Å². The van der Waals surface area contributed by atoms with E-state index in [0.29, 0.717) is 18.0 Å². The number of likely N-dealkylation sites (tertiary alicyclic amines) is 1. The fraction of sp³-hybridized carbons (Fsp3) is 0.625. The monoisotopic (exact) mass is 466 g/mol. The lowest BCUT2D eigenvalue weighted by molar-refractivity contribution is 0.142. The minimum atomic E-state index is -0.343. The standard InChI is InChI=1S/C24H34N8O2/c1-17(2)31-19-7-3-4-8-20(19)32(23(31)34)22(33)25-15-18-9-13-30(14-10-18)16-24(11-5-6-12-24)21-26-28-29-27-21/h3-4,7-8,17-18H,5-6,9-16H2,1-2H3,(H,25,33)(H,26,27,28,29). The summed E-state index contributed by atoms with van der Waals surface area (Å²) in [4.78, 5) is 28.5. The smallest absolute Gasteiger partial charge is 0.337 e. The molecule has 3 aromatic rings. The molecule has 1 aliphatic heterocycles. The van der Waals surface area contributed by atoms with E-state index in [1.165, 1.54) is 17.4 Å². The number of hydrogen-bond acceptors (Lipinski definition) is 6. The van der Waals surface area contributed by atoms with Crippen molar-refractivity contribution in [2.75, 3.05) is 26.2 Å². The summed E-state index contributed by atoms with van der Waals surface area (Å²) in [5.74, 6) is 1.25. The second kappa shape index (κ2) is 9.32. The quantitative estimate of drug-likeness (QED) is 0.577. The van der Waals surface area contributed by atoms with E-state index in [1.54, 1.807) is 4.57 Å². The highest BCUT2D eigenvalue weighted by atomic mass is 16.2. The zero-order valence-corrected chi connectivity index (χ0v) is 20.0. The highest BCUT2D eigenvalue weighted by Gasteiger charge is 2.41. The first kappa shape index (κ1) is 22.8. The Morgan fingerprint density at radius 1 is 1.18 bits per heavy atom. The number of nitrogens with one attached hydrogen (secondary N) is 2. The van der Waals surface area contributed by atoms with Crippen LogP contribution in [0.1, 0.15) is 64.2 Å². The van der Waals surface area contributed by atoms with Crippen LogP contribution in [-0.4, -0.2) is 66.9 Å². The van der Waals surface area contributed by atoms with Gasteiger partial charge in [0.25, 0.3) is 0 Å². The molecule has 0 spiro atoms. The maximum absolute atomic E-state index is 13.0. The Hall–Kier alpha value is -3.01. The Morgan fingerprint density at radius 2 is 1.88 bits per heavy atom. The van der Waals surface area contributed by atoms with Crippen LogP contribution in [0, 0.1) is 5.92 Å². The average Bonchev–Trinajstić information content (AvgIpc) is 3.57. The van der Waals surface area contributed by atoms with Crippen molar-refractivity contribution in [2.45, 2.75) is 63.8 Å². The van der Waals surface area contributed by atoms with Gasteiger partial charge in [-0.15, -0.1) is 10.2 Å². The molecular weight excluding hydrogens is 432 g/mol. The molecule has 0 atom stereocenters. The van der Waals surface area contributed by atoms with E-state index in [0.717, 1.165) is 56.7 Å². The van der Waals surface area contributed by atoms with Crippen LogP contribution in [0.3, 0.4) is 0 Å². The number of para-hydroxylation sites is 2. The third kappa shape index (κ3) is 4.15. The number of aromatic amines is 1. The van der Waals surface area contributed by atoms with Gasteiger partial charge in [-0.05, 0) is 70.7 Å². The number of amides is 1. The first-order chi connectivity index (χ1) is 16.5. The fourth-order valence-corrected chi connectivity index (χ4v) is 5.84. The van der Waals surface area contributed by atoms with E-state index < -0.39 is 0 Å². The second-order valence-electron chi connectivity index (χ2n) is 10.2. The third-order valence-electron chi connectivity index (χ3n) is 7.65. The van der Waals surface area contributed by atoms with Crippen molar-refractivity contribution < 1.29 is 4.79 Å². The van der Waals surface area contributed by atoms with Crippen LogP contribution in [0.25, 0.3) is 11.0 Å². The highest BCUT2D eigenvalue weighted by Crippen LogP contribution is 2.40. The Bertz CT molecular complexity index is 1180. The van der Waals surface area contributed by atoms with Crippen molar-refractivity contribution in [1.29, 1.82) is 0 Å². The van der Waals surface area contributed by atoms with Gasteiger partial charge in [0.2, 0.25) is 0 Å². The molecule has 0 bridgehead atoms. The molecule has 2 fully saturated rings. The lowest BCUT2D eigenvalue weighted by atomic mass is 9.83. The molecule has 10 heteroatoms. The molecule has 3 heterocycles. The van der Waals surface area contributed by atoms with Gasteiger partial charge in [-0.2, -0.15) is 5.21 Å². The first-order valence-corrected chi connectivity index (χ1v) is 12.4. The molecule has 2 aromatic heterocycles. The van der Waals surface area contributed by atoms with Gasteiger partial charge in [-0.1, -0.05) is 30.2 Å². The van der Waals surface area contributed by atoms with Crippen LogP contribution in [0.4, 0.5) is 4.79 Å². The number of hydrogen-bond donors (Lipinski definition) is 2. The lowest BCUT2D eigenvalue weighted by Gasteiger charge is -2.37. The van der Waals surface area contributed by atoms with Crippen LogP contribution in [0.2, 0.25) is 0 Å². The van der Waals surface area contributed by atoms with Crippen LogP contribution in [0.15, 0.2) is 29.1 Å². The van der Waals surface area contributed by atoms with Crippen molar-refractivity contribution in [3.8, 4) is 0 Å². The van der Waals surface area contributed by atoms with Crippen molar-refractivity contribution in [3.05, 3.63) is 40.6 Å². The van der Waals surface area contributed by atoms with Gasteiger partial charge >= 0.3 is 11.7 Å². The molecule has 10 nitrogen and oxygen atoms in total. The molecule has 182 valence electrons. The van der Waals surface area contributed by atoms with Gasteiger partial charge in [0.05, 0.1) is 11.0 Å². The fourth-order valence-electron chi connectivity index (χ4n) is 5.84. The number of carbonyl (C=O) groups is 1. The van der Waals surface area contributed by atoms with E-state index in [2.05, 4.69) is 30.8 Å². The van der Waals surface area contributed by atoms with Crippen LogP contribution >= 0.6 is 0 Å². The van der Waals surface area contributed by atoms with Crippen molar-refractivity contribution in [3.63, 3.8) is 0 Å². The van der Waals surface area contributed by atoms with E-state index in [4.69, 9.17) is 0 Å². The number of fused-ring (bicyclic) bond motifs is 1. The number of piperidine rings is 1. The zero-order valence-electron chi connectivity index (χ0n) is 20.0. The summed E-state index contributed by atoms with van der Waals surface area (Å²) in [5.41, 5.74) is 1.16.